The molecule has 0 spiro atoms. The molecule has 104 valence electrons. The summed E-state index contributed by atoms with van der Waals surface area (Å²) >= 11 is 1.59. The van der Waals surface area contributed by atoms with Gasteiger partial charge in [0.15, 0.2) is 11.5 Å². The quantitative estimate of drug-likeness (QED) is 0.584. The molecule has 0 saturated carbocycles. The van der Waals surface area contributed by atoms with E-state index >= 15 is 0 Å². The predicted octanol–water partition coefficient (Wildman–Crippen LogP) is 2.44. The van der Waals surface area contributed by atoms with Crippen LogP contribution in [-0.4, -0.2) is 20.8 Å². The van der Waals surface area contributed by atoms with Crippen LogP contribution >= 0.6 is 15.9 Å². The SMILES string of the molecule is CC(C)N1C(=O)C2/C=C\C/C(F)=C\C(Br)=C2N[S+]1[O-]. The van der Waals surface area contributed by atoms with Crippen LogP contribution in [0.3, 0.4) is 0 Å². The summed E-state index contributed by atoms with van der Waals surface area (Å²) < 4.78 is 29.9. The van der Waals surface area contributed by atoms with Gasteiger partial charge in [-0.25, -0.2) is 4.39 Å². The molecule has 7 heteroatoms. The second-order valence-electron chi connectivity index (χ2n) is 4.57. The van der Waals surface area contributed by atoms with E-state index < -0.39 is 17.5 Å². The molecular weight excluding hydrogens is 335 g/mol. The smallest absolute Gasteiger partial charge is 0.279 e. The number of halogens is 2. The lowest BCUT2D eigenvalue weighted by atomic mass is 10.0. The third-order valence-electron chi connectivity index (χ3n) is 2.82. The van der Waals surface area contributed by atoms with Gasteiger partial charge >= 0.3 is 0 Å². The van der Waals surface area contributed by atoms with Crippen molar-refractivity contribution in [3.63, 3.8) is 0 Å². The molecule has 1 aliphatic carbocycles. The monoisotopic (exact) mass is 348 g/mol. The lowest BCUT2D eigenvalue weighted by Gasteiger charge is -2.35. The summed E-state index contributed by atoms with van der Waals surface area (Å²) in [6, 6.07) is -0.174. The minimum absolute atomic E-state index is 0.150. The first-order chi connectivity index (χ1) is 8.91. The Morgan fingerprint density at radius 1 is 1.63 bits per heavy atom. The number of hydrogen-bond donors (Lipinski definition) is 1. The highest BCUT2D eigenvalue weighted by Gasteiger charge is 2.43. The third kappa shape index (κ3) is 2.88. The van der Waals surface area contributed by atoms with E-state index in [-0.39, 0.29) is 24.2 Å². The Morgan fingerprint density at radius 3 is 2.95 bits per heavy atom. The number of fused-ring (bicyclic) bond motifs is 1. The van der Waals surface area contributed by atoms with Gasteiger partial charge in [-0.15, -0.1) is 4.31 Å². The normalized spacial score (nSPS) is 32.2. The van der Waals surface area contributed by atoms with Crippen LogP contribution in [0.5, 0.6) is 0 Å². The summed E-state index contributed by atoms with van der Waals surface area (Å²) in [5, 5.41) is 0. The van der Waals surface area contributed by atoms with E-state index in [1.165, 1.54) is 10.4 Å². The van der Waals surface area contributed by atoms with E-state index in [0.717, 1.165) is 0 Å². The van der Waals surface area contributed by atoms with Gasteiger partial charge in [0, 0.05) is 10.9 Å². The maximum atomic E-state index is 13.4. The second-order valence-corrected chi connectivity index (χ2v) is 6.52. The lowest BCUT2D eigenvalue weighted by molar-refractivity contribution is -0.130. The molecule has 1 aliphatic heterocycles. The van der Waals surface area contributed by atoms with Crippen LogP contribution in [0.2, 0.25) is 0 Å². The van der Waals surface area contributed by atoms with E-state index in [1.54, 1.807) is 26.0 Å². The van der Waals surface area contributed by atoms with Crippen molar-refractivity contribution in [2.45, 2.75) is 26.3 Å². The van der Waals surface area contributed by atoms with Gasteiger partial charge in [-0.3, -0.25) is 4.79 Å². The fourth-order valence-corrected chi connectivity index (χ4v) is 3.87. The minimum Gasteiger partial charge on any atom is -0.568 e. The molecule has 0 bridgehead atoms. The van der Waals surface area contributed by atoms with Crippen LogP contribution in [0.1, 0.15) is 20.3 Å². The van der Waals surface area contributed by atoms with E-state index in [4.69, 9.17) is 0 Å². The largest absolute Gasteiger partial charge is 0.568 e. The van der Waals surface area contributed by atoms with Crippen molar-refractivity contribution in [2.75, 3.05) is 0 Å². The van der Waals surface area contributed by atoms with Gasteiger partial charge in [0.2, 0.25) is 0 Å². The highest BCUT2D eigenvalue weighted by molar-refractivity contribution is 9.11. The molecule has 4 nitrogen and oxygen atoms in total. The maximum Gasteiger partial charge on any atom is 0.279 e. The fraction of sp³-hybridized carbons (Fsp3) is 0.417. The van der Waals surface area contributed by atoms with Crippen molar-refractivity contribution in [2.24, 2.45) is 5.92 Å². The first-order valence-corrected chi connectivity index (χ1v) is 7.75. The predicted molar refractivity (Wildman–Crippen MR) is 75.7 cm³/mol. The molecule has 2 aliphatic rings. The van der Waals surface area contributed by atoms with Crippen molar-refractivity contribution in [1.82, 2.24) is 9.03 Å². The summed E-state index contributed by atoms with van der Waals surface area (Å²) in [5.74, 6) is -1.12. The van der Waals surface area contributed by atoms with Gasteiger partial charge < -0.3 is 4.55 Å². The number of carbonyl (C=O) groups is 1. The summed E-state index contributed by atoms with van der Waals surface area (Å²) in [6.07, 6.45) is 4.71. The molecule has 0 radical (unpaired) electrons. The summed E-state index contributed by atoms with van der Waals surface area (Å²) in [5.41, 5.74) is 0.436. The zero-order valence-corrected chi connectivity index (χ0v) is 12.9. The maximum absolute atomic E-state index is 13.4. The zero-order chi connectivity index (χ0) is 14.2. The summed E-state index contributed by atoms with van der Waals surface area (Å²) in [7, 11) is 0. The number of nitrogens with one attached hydrogen (secondary N) is 1. The fourth-order valence-electron chi connectivity index (χ4n) is 1.96. The molecule has 2 atom stereocenters. The van der Waals surface area contributed by atoms with Crippen molar-refractivity contribution >= 4 is 33.4 Å². The third-order valence-corrected chi connectivity index (χ3v) is 4.83. The van der Waals surface area contributed by atoms with Gasteiger partial charge in [-0.1, -0.05) is 12.2 Å². The Labute approximate surface area is 123 Å². The van der Waals surface area contributed by atoms with Gasteiger partial charge in [0.1, 0.15) is 11.7 Å². The van der Waals surface area contributed by atoms with Crippen LogP contribution in [0.25, 0.3) is 0 Å². The van der Waals surface area contributed by atoms with Crippen LogP contribution in [-0.2, 0) is 16.3 Å². The molecule has 1 saturated heterocycles. The lowest BCUT2D eigenvalue weighted by Crippen LogP contribution is -2.56. The number of carbonyl (C=O) groups excluding carboxylic acids is 1. The highest BCUT2D eigenvalue weighted by Crippen LogP contribution is 2.32. The molecule has 1 fully saturated rings. The average molecular weight is 349 g/mol. The molecular formula is C12H14BrFN2O2S. The van der Waals surface area contributed by atoms with Gasteiger partial charge in [-0.05, 0) is 35.9 Å². The number of amides is 1. The standard InChI is InChI=1S/C12H14BrFN2O2S/c1-7(2)16-12(17)9-5-3-4-8(14)6-10(13)11(9)15-19(16)18/h3,5-7,9,15H,4H2,1-2H3/b5-3-,8-6+,11-10?. The van der Waals surface area contributed by atoms with E-state index in [1.807, 2.05) is 0 Å². The molecule has 0 aromatic carbocycles. The summed E-state index contributed by atoms with van der Waals surface area (Å²) in [6.45, 7) is 3.60. The van der Waals surface area contributed by atoms with E-state index in [2.05, 4.69) is 20.7 Å². The molecule has 0 aromatic heterocycles. The van der Waals surface area contributed by atoms with Crippen molar-refractivity contribution in [3.8, 4) is 0 Å². The van der Waals surface area contributed by atoms with Crippen LogP contribution in [0.15, 0.2) is 34.2 Å². The Kier molecular flexibility index (Phi) is 4.37. The molecule has 1 N–H and O–H groups in total. The average Bonchev–Trinajstić information content (AvgIpc) is 2.29. The first kappa shape index (κ1) is 14.6. The molecule has 2 rings (SSSR count). The second kappa shape index (κ2) is 5.68. The molecule has 1 heterocycles. The van der Waals surface area contributed by atoms with Crippen LogP contribution in [0, 0.1) is 5.92 Å². The van der Waals surface area contributed by atoms with Gasteiger partial charge in [-0.2, -0.15) is 4.72 Å². The molecule has 2 unspecified atom stereocenters. The molecule has 19 heavy (non-hydrogen) atoms. The van der Waals surface area contributed by atoms with Crippen molar-refractivity contribution in [3.05, 3.63) is 34.2 Å². The van der Waals surface area contributed by atoms with Crippen molar-refractivity contribution in [1.29, 1.82) is 0 Å². The number of allylic oxidation sites excluding steroid dienone is 4. The Bertz CT molecular complexity index is 490. The number of rotatable bonds is 1. The highest BCUT2D eigenvalue weighted by atomic mass is 79.9. The number of nitrogens with zero attached hydrogens (tertiary/aromatic N) is 1. The minimum atomic E-state index is -1.64. The van der Waals surface area contributed by atoms with Crippen LogP contribution < -0.4 is 4.72 Å². The molecule has 1 amide bonds. The van der Waals surface area contributed by atoms with Crippen molar-refractivity contribution < 1.29 is 13.7 Å². The van der Waals surface area contributed by atoms with Gasteiger partial charge in [0.25, 0.3) is 5.91 Å². The first-order valence-electron chi connectivity index (χ1n) is 5.86. The topological polar surface area (TPSA) is 55.4 Å². The Morgan fingerprint density at radius 2 is 2.32 bits per heavy atom. The van der Waals surface area contributed by atoms with E-state index in [9.17, 15) is 13.7 Å². The zero-order valence-electron chi connectivity index (χ0n) is 10.5. The summed E-state index contributed by atoms with van der Waals surface area (Å²) in [4.78, 5) is 12.4. The van der Waals surface area contributed by atoms with Gasteiger partial charge in [0.05, 0.1) is 11.7 Å². The number of hydrogen-bond acceptors (Lipinski definition) is 3. The Balaban J connectivity index is 2.44. The van der Waals surface area contributed by atoms with E-state index in [0.29, 0.717) is 10.2 Å². The Hall–Kier alpha value is -0.790. The van der Waals surface area contributed by atoms with Crippen LogP contribution in [0.4, 0.5) is 4.39 Å². The molecule has 0 aromatic rings.